The van der Waals surface area contributed by atoms with E-state index in [1.807, 2.05) is 0 Å². The Morgan fingerprint density at radius 3 is 2.78 bits per heavy atom. The highest BCUT2D eigenvalue weighted by atomic mass is 14.0. The van der Waals surface area contributed by atoms with Gasteiger partial charge in [0.05, 0.1) is 0 Å². The van der Waals surface area contributed by atoms with Gasteiger partial charge in [-0.15, -0.1) is 0 Å². The summed E-state index contributed by atoms with van der Waals surface area (Å²) in [6.45, 7) is 2.26. The number of hydrogen-bond donors (Lipinski definition) is 0. The van der Waals surface area contributed by atoms with Crippen LogP contribution in [0.5, 0.6) is 0 Å². The monoisotopic (exact) mass is 122 g/mol. The maximum atomic E-state index is 2.31. The van der Waals surface area contributed by atoms with E-state index in [1.165, 1.54) is 19.3 Å². The van der Waals surface area contributed by atoms with E-state index in [9.17, 15) is 0 Å². The maximum Gasteiger partial charge on any atom is -0.0227 e. The molecular formula is C9H14. The Morgan fingerprint density at radius 1 is 1.11 bits per heavy atom. The molecule has 9 heavy (non-hydrogen) atoms. The minimum absolute atomic E-state index is 0.751. The van der Waals surface area contributed by atoms with Gasteiger partial charge in [-0.25, -0.2) is 0 Å². The second-order valence-electron chi connectivity index (χ2n) is 2.69. The number of allylic oxidation sites excluding steroid dienone is 4. The lowest BCUT2D eigenvalue weighted by atomic mass is 10.0. The van der Waals surface area contributed by atoms with Crippen molar-refractivity contribution in [2.75, 3.05) is 0 Å². The molecule has 0 saturated carbocycles. The zero-order valence-electron chi connectivity index (χ0n) is 6.01. The van der Waals surface area contributed by atoms with Crippen LogP contribution >= 0.6 is 0 Å². The summed E-state index contributed by atoms with van der Waals surface area (Å²) in [6.07, 6.45) is 12.8. The molecule has 0 saturated heterocycles. The van der Waals surface area contributed by atoms with Crippen molar-refractivity contribution in [1.82, 2.24) is 0 Å². The summed E-state index contributed by atoms with van der Waals surface area (Å²) < 4.78 is 0. The minimum Gasteiger partial charge on any atom is -0.0882 e. The lowest BCUT2D eigenvalue weighted by Gasteiger charge is -2.02. The Kier molecular flexibility index (Phi) is 2.56. The predicted octanol–water partition coefficient (Wildman–Crippen LogP) is 2.92. The number of hydrogen-bond acceptors (Lipinski definition) is 0. The Bertz CT molecular complexity index is 120. The average Bonchev–Trinajstić information content (AvgIpc) is 1.79. The highest BCUT2D eigenvalue weighted by Gasteiger charge is 1.93. The SMILES string of the molecule is C[C@H]1C=CCCC=CC1. The summed E-state index contributed by atoms with van der Waals surface area (Å²) in [7, 11) is 0. The molecule has 0 N–H and O–H groups in total. The van der Waals surface area contributed by atoms with Gasteiger partial charge in [0, 0.05) is 0 Å². The van der Waals surface area contributed by atoms with Crippen molar-refractivity contribution < 1.29 is 0 Å². The van der Waals surface area contributed by atoms with Gasteiger partial charge in [-0.3, -0.25) is 0 Å². The lowest BCUT2D eigenvalue weighted by Crippen LogP contribution is -1.87. The van der Waals surface area contributed by atoms with Crippen LogP contribution in [0.15, 0.2) is 24.3 Å². The average molecular weight is 122 g/mol. The van der Waals surface area contributed by atoms with Gasteiger partial charge in [-0.05, 0) is 25.2 Å². The van der Waals surface area contributed by atoms with Crippen LogP contribution in [0.1, 0.15) is 26.2 Å². The molecule has 0 spiro atoms. The summed E-state index contributed by atoms with van der Waals surface area (Å²) in [5, 5.41) is 0. The first-order valence-corrected chi connectivity index (χ1v) is 3.71. The second-order valence-corrected chi connectivity index (χ2v) is 2.69. The molecule has 1 atom stereocenters. The van der Waals surface area contributed by atoms with Crippen molar-refractivity contribution in [2.24, 2.45) is 5.92 Å². The molecule has 0 bridgehead atoms. The largest absolute Gasteiger partial charge is 0.0882 e. The Morgan fingerprint density at radius 2 is 1.89 bits per heavy atom. The highest BCUT2D eigenvalue weighted by molar-refractivity contribution is 4.96. The summed E-state index contributed by atoms with van der Waals surface area (Å²) in [5.41, 5.74) is 0. The van der Waals surface area contributed by atoms with E-state index in [0.29, 0.717) is 0 Å². The van der Waals surface area contributed by atoms with E-state index in [2.05, 4.69) is 31.2 Å². The molecule has 0 amide bonds. The number of rotatable bonds is 0. The van der Waals surface area contributed by atoms with Crippen LogP contribution in [0.2, 0.25) is 0 Å². The summed E-state index contributed by atoms with van der Waals surface area (Å²) in [4.78, 5) is 0. The lowest BCUT2D eigenvalue weighted by molar-refractivity contribution is 0.730. The normalized spacial score (nSPS) is 27.4. The topological polar surface area (TPSA) is 0 Å². The van der Waals surface area contributed by atoms with Crippen molar-refractivity contribution in [1.29, 1.82) is 0 Å². The molecule has 0 heteroatoms. The molecule has 0 radical (unpaired) electrons. The Balaban J connectivity index is 2.40. The van der Waals surface area contributed by atoms with E-state index in [4.69, 9.17) is 0 Å². The summed E-state index contributed by atoms with van der Waals surface area (Å²) in [5.74, 6) is 0.751. The van der Waals surface area contributed by atoms with Crippen LogP contribution in [0, 0.1) is 5.92 Å². The van der Waals surface area contributed by atoms with Crippen molar-refractivity contribution in [2.45, 2.75) is 26.2 Å². The molecule has 0 aromatic carbocycles. The van der Waals surface area contributed by atoms with Gasteiger partial charge in [0.25, 0.3) is 0 Å². The van der Waals surface area contributed by atoms with E-state index in [0.717, 1.165) is 5.92 Å². The molecule has 0 aromatic rings. The molecule has 1 aliphatic rings. The zero-order valence-corrected chi connectivity index (χ0v) is 6.01. The van der Waals surface area contributed by atoms with E-state index in [-0.39, 0.29) is 0 Å². The predicted molar refractivity (Wildman–Crippen MR) is 41.3 cm³/mol. The fourth-order valence-corrected chi connectivity index (χ4v) is 1.03. The summed E-state index contributed by atoms with van der Waals surface area (Å²) >= 11 is 0. The van der Waals surface area contributed by atoms with Gasteiger partial charge in [0.2, 0.25) is 0 Å². The van der Waals surface area contributed by atoms with Gasteiger partial charge >= 0.3 is 0 Å². The van der Waals surface area contributed by atoms with Gasteiger partial charge in [-0.1, -0.05) is 31.2 Å². The maximum absolute atomic E-state index is 2.31. The first-order chi connectivity index (χ1) is 4.39. The van der Waals surface area contributed by atoms with Crippen LogP contribution < -0.4 is 0 Å². The van der Waals surface area contributed by atoms with Gasteiger partial charge < -0.3 is 0 Å². The van der Waals surface area contributed by atoms with Crippen LogP contribution in [0.25, 0.3) is 0 Å². The first-order valence-electron chi connectivity index (χ1n) is 3.71. The standard InChI is InChI=1S/C9H14/c1-9-7-5-3-2-4-6-8-9/h3,5-6,8-9H,2,4,7H2,1H3/t9-/m1/s1. The molecule has 0 aliphatic heterocycles. The van der Waals surface area contributed by atoms with Gasteiger partial charge in [-0.2, -0.15) is 0 Å². The molecule has 0 nitrogen and oxygen atoms in total. The van der Waals surface area contributed by atoms with Crippen molar-refractivity contribution in [3.8, 4) is 0 Å². The second kappa shape index (κ2) is 3.49. The molecular weight excluding hydrogens is 108 g/mol. The third-order valence-corrected chi connectivity index (χ3v) is 1.64. The van der Waals surface area contributed by atoms with Crippen LogP contribution in [0.3, 0.4) is 0 Å². The molecule has 0 heterocycles. The van der Waals surface area contributed by atoms with Crippen molar-refractivity contribution in [3.63, 3.8) is 0 Å². The zero-order chi connectivity index (χ0) is 6.53. The smallest absolute Gasteiger partial charge is 0.0227 e. The summed E-state index contributed by atoms with van der Waals surface area (Å²) in [6, 6.07) is 0. The van der Waals surface area contributed by atoms with Gasteiger partial charge in [0.1, 0.15) is 0 Å². The highest BCUT2D eigenvalue weighted by Crippen LogP contribution is 2.09. The third-order valence-electron chi connectivity index (χ3n) is 1.64. The first kappa shape index (κ1) is 6.60. The van der Waals surface area contributed by atoms with Crippen LogP contribution in [0.4, 0.5) is 0 Å². The fraction of sp³-hybridized carbons (Fsp3) is 0.556. The Hall–Kier alpha value is -0.520. The van der Waals surface area contributed by atoms with E-state index < -0.39 is 0 Å². The molecule has 0 fully saturated rings. The molecule has 1 aliphatic carbocycles. The third kappa shape index (κ3) is 2.50. The Labute approximate surface area is 57.3 Å². The molecule has 50 valence electrons. The quantitative estimate of drug-likeness (QED) is 0.433. The molecule has 0 unspecified atom stereocenters. The molecule has 0 aromatic heterocycles. The van der Waals surface area contributed by atoms with E-state index in [1.54, 1.807) is 0 Å². The minimum atomic E-state index is 0.751. The molecule has 1 rings (SSSR count). The van der Waals surface area contributed by atoms with Crippen LogP contribution in [-0.4, -0.2) is 0 Å². The van der Waals surface area contributed by atoms with Crippen molar-refractivity contribution in [3.05, 3.63) is 24.3 Å². The van der Waals surface area contributed by atoms with E-state index >= 15 is 0 Å². The van der Waals surface area contributed by atoms with Crippen molar-refractivity contribution >= 4 is 0 Å². The fourth-order valence-electron chi connectivity index (χ4n) is 1.03. The van der Waals surface area contributed by atoms with Crippen LogP contribution in [-0.2, 0) is 0 Å². The van der Waals surface area contributed by atoms with Gasteiger partial charge in [0.15, 0.2) is 0 Å².